The summed E-state index contributed by atoms with van der Waals surface area (Å²) in [6.45, 7) is 1.62. The summed E-state index contributed by atoms with van der Waals surface area (Å²) in [5.74, 6) is -0.580. The summed E-state index contributed by atoms with van der Waals surface area (Å²) in [5.41, 5.74) is 0.468. The smallest absolute Gasteiger partial charge is 0.261 e. The number of nitrogens with two attached hydrogens (primary N) is 1. The summed E-state index contributed by atoms with van der Waals surface area (Å²) in [6, 6.07) is 5.29. The van der Waals surface area contributed by atoms with Crippen molar-refractivity contribution in [2.24, 2.45) is 5.14 Å². The van der Waals surface area contributed by atoms with Gasteiger partial charge in [0.25, 0.3) is 5.91 Å². The number of benzene rings is 1. The van der Waals surface area contributed by atoms with E-state index >= 15 is 0 Å². The Kier molecular flexibility index (Phi) is 3.92. The molecule has 0 radical (unpaired) electrons. The predicted octanol–water partition coefficient (Wildman–Crippen LogP) is 0.583. The van der Waals surface area contributed by atoms with Crippen LogP contribution in [0, 0.1) is 6.92 Å². The normalized spacial score (nSPS) is 11.1. The van der Waals surface area contributed by atoms with E-state index in [-0.39, 0.29) is 10.5 Å². The maximum Gasteiger partial charge on any atom is 0.261 e. The van der Waals surface area contributed by atoms with E-state index < -0.39 is 21.4 Å². The van der Waals surface area contributed by atoms with Crippen LogP contribution < -0.4 is 15.9 Å². The minimum Gasteiger partial charge on any atom is -0.367 e. The molecule has 0 aliphatic heterocycles. The Morgan fingerprint density at radius 2 is 2.00 bits per heavy atom. The number of aromatic nitrogens is 1. The van der Waals surface area contributed by atoms with E-state index in [1.807, 2.05) is 0 Å². The van der Waals surface area contributed by atoms with Crippen LogP contribution in [0.4, 0.5) is 5.69 Å². The molecule has 8 heteroatoms. The van der Waals surface area contributed by atoms with E-state index in [0.717, 1.165) is 0 Å². The Bertz CT molecular complexity index is 856. The molecule has 0 unspecified atom stereocenters. The van der Waals surface area contributed by atoms with Gasteiger partial charge in [0.05, 0.1) is 4.90 Å². The third-order valence-corrected chi connectivity index (χ3v) is 3.75. The molecule has 7 nitrogen and oxygen atoms in total. The minimum atomic E-state index is -3.80. The van der Waals surface area contributed by atoms with E-state index in [1.165, 1.54) is 36.7 Å². The third kappa shape index (κ3) is 3.36. The second kappa shape index (κ2) is 5.51. The van der Waals surface area contributed by atoms with Crippen LogP contribution in [-0.4, -0.2) is 19.3 Å². The fraction of sp³-hybridized carbons (Fsp3) is 0.0769. The average Bonchev–Trinajstić information content (AvgIpc) is 2.40. The Morgan fingerprint density at radius 1 is 1.29 bits per heavy atom. The molecule has 0 aliphatic rings. The van der Waals surface area contributed by atoms with Crippen LogP contribution in [0.2, 0.25) is 0 Å². The van der Waals surface area contributed by atoms with Gasteiger partial charge in [0.2, 0.25) is 10.0 Å². The van der Waals surface area contributed by atoms with E-state index in [2.05, 4.69) is 10.3 Å². The van der Waals surface area contributed by atoms with Crippen LogP contribution in [-0.2, 0) is 10.0 Å². The zero-order valence-electron chi connectivity index (χ0n) is 11.1. The van der Waals surface area contributed by atoms with Crippen molar-refractivity contribution in [1.29, 1.82) is 0 Å². The summed E-state index contributed by atoms with van der Waals surface area (Å²) in [6.07, 6.45) is 2.72. The summed E-state index contributed by atoms with van der Waals surface area (Å²) in [4.78, 5) is 26.1. The number of aromatic amines is 1. The zero-order chi connectivity index (χ0) is 15.6. The molecule has 0 atom stereocenters. The molecule has 0 saturated heterocycles. The number of primary sulfonamides is 1. The number of aryl methyl sites for hydroxylation is 1. The number of carbonyl (C=O) groups is 1. The Morgan fingerprint density at radius 3 is 2.57 bits per heavy atom. The van der Waals surface area contributed by atoms with E-state index in [1.54, 1.807) is 6.92 Å². The fourth-order valence-electron chi connectivity index (χ4n) is 1.74. The molecule has 2 rings (SSSR count). The standard InChI is InChI=1S/C13H13N3O4S/c1-8-6-9(21(14,19)20)2-3-11(8)16-13(18)10-7-15-5-4-12(10)17/h2-7H,1H3,(H,15,17)(H,16,18)(H2,14,19,20). The molecule has 0 fully saturated rings. The van der Waals surface area contributed by atoms with Crippen molar-refractivity contribution in [3.8, 4) is 0 Å². The molecule has 0 bridgehead atoms. The SMILES string of the molecule is Cc1cc(S(N)(=O)=O)ccc1NC(=O)c1c[nH]ccc1=O. The summed E-state index contributed by atoms with van der Waals surface area (Å²) in [5, 5.41) is 7.58. The van der Waals surface area contributed by atoms with Crippen LogP contribution >= 0.6 is 0 Å². The zero-order valence-corrected chi connectivity index (χ0v) is 11.9. The predicted molar refractivity (Wildman–Crippen MR) is 77.6 cm³/mol. The van der Waals surface area contributed by atoms with Crippen molar-refractivity contribution >= 4 is 21.6 Å². The van der Waals surface area contributed by atoms with Crippen molar-refractivity contribution in [1.82, 2.24) is 4.98 Å². The molecule has 0 aliphatic carbocycles. The van der Waals surface area contributed by atoms with Gasteiger partial charge in [-0.2, -0.15) is 0 Å². The summed E-state index contributed by atoms with van der Waals surface area (Å²) >= 11 is 0. The second-order valence-corrected chi connectivity index (χ2v) is 5.96. The van der Waals surface area contributed by atoms with Crippen LogP contribution in [0.1, 0.15) is 15.9 Å². The van der Waals surface area contributed by atoms with Gasteiger partial charge in [-0.15, -0.1) is 0 Å². The highest BCUT2D eigenvalue weighted by Crippen LogP contribution is 2.19. The number of nitrogens with one attached hydrogen (secondary N) is 2. The first kappa shape index (κ1) is 14.9. The lowest BCUT2D eigenvalue weighted by atomic mass is 10.2. The molecule has 4 N–H and O–H groups in total. The quantitative estimate of drug-likeness (QED) is 0.767. The summed E-state index contributed by atoms with van der Waals surface area (Å²) < 4.78 is 22.5. The van der Waals surface area contributed by atoms with Crippen molar-refractivity contribution in [3.05, 3.63) is 58.0 Å². The van der Waals surface area contributed by atoms with Gasteiger partial charge in [-0.25, -0.2) is 13.6 Å². The molecule has 1 amide bonds. The first-order valence-electron chi connectivity index (χ1n) is 5.91. The summed E-state index contributed by atoms with van der Waals surface area (Å²) in [7, 11) is -3.80. The van der Waals surface area contributed by atoms with Crippen LogP contribution in [0.3, 0.4) is 0 Å². The number of pyridine rings is 1. The highest BCUT2D eigenvalue weighted by atomic mass is 32.2. The van der Waals surface area contributed by atoms with Crippen molar-refractivity contribution in [3.63, 3.8) is 0 Å². The fourth-order valence-corrected chi connectivity index (χ4v) is 2.34. The van der Waals surface area contributed by atoms with Crippen molar-refractivity contribution in [2.45, 2.75) is 11.8 Å². The lowest BCUT2D eigenvalue weighted by Crippen LogP contribution is -2.21. The van der Waals surface area contributed by atoms with Crippen LogP contribution in [0.25, 0.3) is 0 Å². The molecule has 21 heavy (non-hydrogen) atoms. The van der Waals surface area contributed by atoms with Gasteiger partial charge in [0.1, 0.15) is 5.56 Å². The van der Waals surface area contributed by atoms with Crippen molar-refractivity contribution in [2.75, 3.05) is 5.32 Å². The number of hydrogen-bond acceptors (Lipinski definition) is 4. The first-order chi connectivity index (χ1) is 9.79. The monoisotopic (exact) mass is 307 g/mol. The number of carbonyl (C=O) groups excluding carboxylic acids is 1. The lowest BCUT2D eigenvalue weighted by molar-refractivity contribution is 0.102. The number of hydrogen-bond donors (Lipinski definition) is 3. The maximum absolute atomic E-state index is 12.0. The topological polar surface area (TPSA) is 122 Å². The lowest BCUT2D eigenvalue weighted by Gasteiger charge is -2.09. The van der Waals surface area contributed by atoms with Gasteiger partial charge in [-0.1, -0.05) is 0 Å². The minimum absolute atomic E-state index is 0.0348. The second-order valence-electron chi connectivity index (χ2n) is 4.40. The molecule has 110 valence electrons. The van der Waals surface area contributed by atoms with Crippen LogP contribution in [0.5, 0.6) is 0 Å². The highest BCUT2D eigenvalue weighted by molar-refractivity contribution is 7.89. The molecular weight excluding hydrogens is 294 g/mol. The van der Waals surface area contributed by atoms with E-state index in [0.29, 0.717) is 11.3 Å². The van der Waals surface area contributed by atoms with Gasteiger partial charge < -0.3 is 10.3 Å². The van der Waals surface area contributed by atoms with Gasteiger partial charge >= 0.3 is 0 Å². The van der Waals surface area contributed by atoms with E-state index in [9.17, 15) is 18.0 Å². The van der Waals surface area contributed by atoms with Gasteiger partial charge in [-0.05, 0) is 30.7 Å². The average molecular weight is 307 g/mol. The van der Waals surface area contributed by atoms with Gasteiger partial charge in [0.15, 0.2) is 5.43 Å². The van der Waals surface area contributed by atoms with E-state index in [4.69, 9.17) is 5.14 Å². The first-order valence-corrected chi connectivity index (χ1v) is 7.45. The van der Waals surface area contributed by atoms with Crippen LogP contribution in [0.15, 0.2) is 46.3 Å². The molecule has 2 aromatic rings. The Hall–Kier alpha value is -2.45. The van der Waals surface area contributed by atoms with Gasteiger partial charge in [0, 0.05) is 24.1 Å². The number of rotatable bonds is 3. The highest BCUT2D eigenvalue weighted by Gasteiger charge is 2.13. The molecule has 0 spiro atoms. The molecule has 1 heterocycles. The molecule has 1 aromatic heterocycles. The number of sulfonamides is 1. The molecular formula is C13H13N3O4S. The maximum atomic E-state index is 12.0. The third-order valence-electron chi connectivity index (χ3n) is 2.84. The van der Waals surface area contributed by atoms with Gasteiger partial charge in [-0.3, -0.25) is 9.59 Å². The van der Waals surface area contributed by atoms with Crippen molar-refractivity contribution < 1.29 is 13.2 Å². The number of H-pyrrole nitrogens is 1. The largest absolute Gasteiger partial charge is 0.367 e. The number of amides is 1. The Balaban J connectivity index is 2.31. The Labute approximate surface area is 120 Å². The molecule has 0 saturated carbocycles. The number of anilines is 1. The molecule has 1 aromatic carbocycles.